The van der Waals surface area contributed by atoms with E-state index in [1.165, 1.54) is 37.1 Å². The molecule has 0 unspecified atom stereocenters. The van der Waals surface area contributed by atoms with Crippen molar-refractivity contribution < 1.29 is 13.6 Å². The number of carbonyl (C=O) groups is 1. The summed E-state index contributed by atoms with van der Waals surface area (Å²) in [6.07, 6.45) is 7.57. The van der Waals surface area contributed by atoms with Gasteiger partial charge in [-0.2, -0.15) is 0 Å². The zero-order valence-electron chi connectivity index (χ0n) is 15.0. The lowest BCUT2D eigenvalue weighted by molar-refractivity contribution is -0.113. The highest BCUT2D eigenvalue weighted by Crippen LogP contribution is 2.33. The molecular formula is C19H22F2N4OS. The second kappa shape index (κ2) is 9.12. The molecule has 8 heteroatoms. The van der Waals surface area contributed by atoms with Gasteiger partial charge < -0.3 is 9.88 Å². The molecule has 5 nitrogen and oxygen atoms in total. The Labute approximate surface area is 161 Å². The van der Waals surface area contributed by atoms with E-state index in [-0.39, 0.29) is 5.75 Å². The highest BCUT2D eigenvalue weighted by Gasteiger charge is 2.23. The van der Waals surface area contributed by atoms with Crippen LogP contribution >= 0.6 is 11.8 Å². The first-order valence-corrected chi connectivity index (χ1v) is 9.99. The molecule has 1 saturated carbocycles. The number of carbonyl (C=O) groups excluding carboxylic acids is 1. The molecular weight excluding hydrogens is 370 g/mol. The molecule has 1 aliphatic rings. The van der Waals surface area contributed by atoms with Gasteiger partial charge in [0, 0.05) is 12.5 Å². The normalized spacial score (nSPS) is 14.9. The monoisotopic (exact) mass is 392 g/mol. The first kappa shape index (κ1) is 19.5. The number of thioether (sulfide) groups is 1. The van der Waals surface area contributed by atoms with Crippen molar-refractivity contribution in [2.24, 2.45) is 0 Å². The number of allylic oxidation sites excluding steroid dienone is 1. The first-order chi connectivity index (χ1) is 13.1. The van der Waals surface area contributed by atoms with E-state index in [0.717, 1.165) is 30.8 Å². The van der Waals surface area contributed by atoms with Gasteiger partial charge in [-0.15, -0.1) is 16.8 Å². The summed E-state index contributed by atoms with van der Waals surface area (Å²) in [5, 5.41) is 11.5. The van der Waals surface area contributed by atoms with Crippen LogP contribution in [0, 0.1) is 11.6 Å². The van der Waals surface area contributed by atoms with Crippen LogP contribution in [-0.4, -0.2) is 26.4 Å². The van der Waals surface area contributed by atoms with E-state index in [1.54, 1.807) is 6.08 Å². The number of nitrogens with one attached hydrogen (secondary N) is 1. The van der Waals surface area contributed by atoms with Crippen molar-refractivity contribution in [3.63, 3.8) is 0 Å². The van der Waals surface area contributed by atoms with Crippen LogP contribution in [0.2, 0.25) is 0 Å². The van der Waals surface area contributed by atoms with Gasteiger partial charge in [0.05, 0.1) is 5.75 Å². The summed E-state index contributed by atoms with van der Waals surface area (Å²) < 4.78 is 29.3. The molecule has 2 aromatic rings. The Kier molecular flexibility index (Phi) is 6.60. The number of halogens is 2. The average molecular weight is 392 g/mol. The highest BCUT2D eigenvalue weighted by molar-refractivity contribution is 7.99. The van der Waals surface area contributed by atoms with Crippen LogP contribution in [0.5, 0.6) is 0 Å². The molecule has 144 valence electrons. The van der Waals surface area contributed by atoms with Crippen LogP contribution < -0.4 is 5.32 Å². The van der Waals surface area contributed by atoms with Crippen LogP contribution in [0.4, 0.5) is 14.5 Å². The third-order valence-corrected chi connectivity index (χ3v) is 5.55. The van der Waals surface area contributed by atoms with Crippen molar-refractivity contribution in [3.8, 4) is 0 Å². The zero-order chi connectivity index (χ0) is 19.2. The second-order valence-electron chi connectivity index (χ2n) is 6.51. The first-order valence-electron chi connectivity index (χ1n) is 9.00. The summed E-state index contributed by atoms with van der Waals surface area (Å²) in [5.74, 6) is -0.824. The Balaban J connectivity index is 1.67. The number of nitrogens with zero attached hydrogens (tertiary/aromatic N) is 3. The predicted molar refractivity (Wildman–Crippen MR) is 102 cm³/mol. The van der Waals surface area contributed by atoms with Gasteiger partial charge in [0.2, 0.25) is 5.91 Å². The molecule has 0 saturated heterocycles. The predicted octanol–water partition coefficient (Wildman–Crippen LogP) is 4.52. The highest BCUT2D eigenvalue weighted by atomic mass is 32.2. The summed E-state index contributed by atoms with van der Waals surface area (Å²) in [7, 11) is 0. The second-order valence-corrected chi connectivity index (χ2v) is 7.45. The lowest BCUT2D eigenvalue weighted by Crippen LogP contribution is -2.17. The third kappa shape index (κ3) is 4.74. The number of hydrogen-bond acceptors (Lipinski definition) is 4. The molecule has 1 heterocycles. The van der Waals surface area contributed by atoms with Crippen LogP contribution in [0.1, 0.15) is 43.8 Å². The van der Waals surface area contributed by atoms with Crippen molar-refractivity contribution in [1.82, 2.24) is 14.8 Å². The minimum absolute atomic E-state index is 0.0201. The quantitative estimate of drug-likeness (QED) is 0.556. The molecule has 0 aliphatic heterocycles. The van der Waals surface area contributed by atoms with Crippen LogP contribution in [0.25, 0.3) is 0 Å². The van der Waals surface area contributed by atoms with E-state index < -0.39 is 23.2 Å². The molecule has 1 N–H and O–H groups in total. The number of benzene rings is 1. The standard InChI is InChI=1S/C19H22F2N4OS/c1-2-11-25-18(13-7-4-3-5-8-13)23-24-19(25)27-12-16(26)22-17-14(20)9-6-10-15(17)21/h2,6,9-10,13H,1,3-5,7-8,11-12H2,(H,22,26). The van der Waals surface area contributed by atoms with Crippen molar-refractivity contribution in [1.29, 1.82) is 0 Å². The van der Waals surface area contributed by atoms with Gasteiger partial charge in [-0.25, -0.2) is 8.78 Å². The molecule has 27 heavy (non-hydrogen) atoms. The Bertz CT molecular complexity index is 798. The largest absolute Gasteiger partial charge is 0.320 e. The van der Waals surface area contributed by atoms with Gasteiger partial charge in [-0.1, -0.05) is 43.2 Å². The molecule has 1 aromatic carbocycles. The average Bonchev–Trinajstić information content (AvgIpc) is 3.07. The van der Waals surface area contributed by atoms with Crippen molar-refractivity contribution in [3.05, 3.63) is 48.3 Å². The van der Waals surface area contributed by atoms with Gasteiger partial charge >= 0.3 is 0 Å². The van der Waals surface area contributed by atoms with E-state index in [1.807, 2.05) is 4.57 Å². The maximum absolute atomic E-state index is 13.6. The van der Waals surface area contributed by atoms with Gasteiger partial charge in [0.25, 0.3) is 0 Å². The van der Waals surface area contributed by atoms with Gasteiger partial charge in [-0.3, -0.25) is 4.79 Å². The lowest BCUT2D eigenvalue weighted by Gasteiger charge is -2.21. The fourth-order valence-electron chi connectivity index (χ4n) is 3.29. The fourth-order valence-corrected chi connectivity index (χ4v) is 4.05. The molecule has 1 aliphatic carbocycles. The van der Waals surface area contributed by atoms with Crippen molar-refractivity contribution in [2.45, 2.75) is 49.7 Å². The Morgan fingerprint density at radius 1 is 1.26 bits per heavy atom. The third-order valence-electron chi connectivity index (χ3n) is 4.59. The molecule has 1 aromatic heterocycles. The molecule has 0 bridgehead atoms. The van der Waals surface area contributed by atoms with Crippen LogP contribution in [0.3, 0.4) is 0 Å². The number of anilines is 1. The van der Waals surface area contributed by atoms with Gasteiger partial charge in [0.1, 0.15) is 23.1 Å². The number of amides is 1. The van der Waals surface area contributed by atoms with Crippen LogP contribution in [-0.2, 0) is 11.3 Å². The molecule has 0 spiro atoms. The summed E-state index contributed by atoms with van der Waals surface area (Å²) in [6, 6.07) is 3.45. The van der Waals surface area contributed by atoms with Crippen molar-refractivity contribution in [2.75, 3.05) is 11.1 Å². The minimum atomic E-state index is -0.803. The molecule has 1 fully saturated rings. The number of hydrogen-bond donors (Lipinski definition) is 1. The summed E-state index contributed by atoms with van der Waals surface area (Å²) >= 11 is 1.20. The Morgan fingerprint density at radius 2 is 1.96 bits per heavy atom. The number of rotatable bonds is 7. The number of para-hydroxylation sites is 1. The van der Waals surface area contributed by atoms with Gasteiger partial charge in [0.15, 0.2) is 5.16 Å². The van der Waals surface area contributed by atoms with E-state index in [9.17, 15) is 13.6 Å². The Hall–Kier alpha value is -2.22. The summed E-state index contributed by atoms with van der Waals surface area (Å²) in [4.78, 5) is 12.1. The van der Waals surface area contributed by atoms with E-state index in [0.29, 0.717) is 17.6 Å². The zero-order valence-corrected chi connectivity index (χ0v) is 15.8. The maximum Gasteiger partial charge on any atom is 0.235 e. The van der Waals surface area contributed by atoms with E-state index in [4.69, 9.17) is 0 Å². The SMILES string of the molecule is C=CCn1c(SCC(=O)Nc2c(F)cccc2F)nnc1C1CCCCC1. The van der Waals surface area contributed by atoms with Crippen LogP contribution in [0.15, 0.2) is 36.0 Å². The molecule has 1 amide bonds. The fraction of sp³-hybridized carbons (Fsp3) is 0.421. The van der Waals surface area contributed by atoms with Gasteiger partial charge in [-0.05, 0) is 25.0 Å². The lowest BCUT2D eigenvalue weighted by atomic mass is 9.89. The molecule has 3 rings (SSSR count). The maximum atomic E-state index is 13.6. The smallest absolute Gasteiger partial charge is 0.235 e. The number of aromatic nitrogens is 3. The van der Waals surface area contributed by atoms with E-state index >= 15 is 0 Å². The topological polar surface area (TPSA) is 59.8 Å². The molecule has 0 radical (unpaired) electrons. The summed E-state index contributed by atoms with van der Waals surface area (Å²) in [6.45, 7) is 4.35. The Morgan fingerprint density at radius 3 is 2.63 bits per heavy atom. The summed E-state index contributed by atoms with van der Waals surface area (Å²) in [5.41, 5.74) is -0.432. The molecule has 0 atom stereocenters. The van der Waals surface area contributed by atoms with Crippen molar-refractivity contribution >= 4 is 23.4 Å². The minimum Gasteiger partial charge on any atom is -0.320 e. The van der Waals surface area contributed by atoms with E-state index in [2.05, 4.69) is 22.1 Å².